The predicted octanol–water partition coefficient (Wildman–Crippen LogP) is 3.59. The molecule has 0 heterocycles. The van der Waals surface area contributed by atoms with Crippen LogP contribution in [0.2, 0.25) is 0 Å². The molecule has 0 aromatic rings. The number of fused-ring (bicyclic) bond motifs is 1. The maximum absolute atomic E-state index is 12.3. The van der Waals surface area contributed by atoms with Gasteiger partial charge in [0.25, 0.3) is 0 Å². The molecule has 110 valence electrons. The highest BCUT2D eigenvalue weighted by Gasteiger charge is 2.45. The molecule has 2 rings (SSSR count). The van der Waals surface area contributed by atoms with Crippen LogP contribution in [0.1, 0.15) is 53.4 Å². The number of carbonyl (C=O) groups excluding carboxylic acids is 2. The molecule has 0 aromatic carbocycles. The SMILES string of the molecule is C=C(C)C1CCC2(C)CC(=O)C(OC(C)=O)C(C)=C2C1. The molecule has 0 saturated heterocycles. The highest BCUT2D eigenvalue weighted by molar-refractivity contribution is 5.90. The maximum Gasteiger partial charge on any atom is 0.303 e. The highest BCUT2D eigenvalue weighted by Crippen LogP contribution is 2.51. The Hall–Kier alpha value is -1.38. The van der Waals surface area contributed by atoms with Crippen molar-refractivity contribution < 1.29 is 14.3 Å². The van der Waals surface area contributed by atoms with Gasteiger partial charge in [0.1, 0.15) is 0 Å². The average Bonchev–Trinajstić information content (AvgIpc) is 2.33. The summed E-state index contributed by atoms with van der Waals surface area (Å²) < 4.78 is 5.24. The van der Waals surface area contributed by atoms with Crippen LogP contribution in [-0.4, -0.2) is 17.9 Å². The summed E-state index contributed by atoms with van der Waals surface area (Å²) in [5.74, 6) is 0.135. The first kappa shape index (κ1) is 15.0. The summed E-state index contributed by atoms with van der Waals surface area (Å²) >= 11 is 0. The summed E-state index contributed by atoms with van der Waals surface area (Å²) in [6.07, 6.45) is 2.87. The summed E-state index contributed by atoms with van der Waals surface area (Å²) in [5.41, 5.74) is 3.41. The van der Waals surface area contributed by atoms with E-state index in [0.717, 1.165) is 24.8 Å². The second-order valence-electron chi connectivity index (χ2n) is 6.64. The fraction of sp³-hybridized carbons (Fsp3) is 0.647. The lowest BCUT2D eigenvalue weighted by Crippen LogP contribution is -2.42. The number of carbonyl (C=O) groups is 2. The minimum Gasteiger partial charge on any atom is -0.450 e. The van der Waals surface area contributed by atoms with Crippen LogP contribution in [0.25, 0.3) is 0 Å². The topological polar surface area (TPSA) is 43.4 Å². The minimum atomic E-state index is -0.667. The van der Waals surface area contributed by atoms with Crippen molar-refractivity contribution in [2.24, 2.45) is 11.3 Å². The zero-order chi connectivity index (χ0) is 15.1. The Balaban J connectivity index is 2.37. The van der Waals surface area contributed by atoms with Crippen molar-refractivity contribution >= 4 is 11.8 Å². The van der Waals surface area contributed by atoms with Gasteiger partial charge in [-0.15, -0.1) is 0 Å². The third kappa shape index (κ3) is 2.58. The number of allylic oxidation sites excluding steroid dienone is 2. The van der Waals surface area contributed by atoms with Gasteiger partial charge in [-0.1, -0.05) is 24.6 Å². The molecule has 0 amide bonds. The summed E-state index contributed by atoms with van der Waals surface area (Å²) in [7, 11) is 0. The van der Waals surface area contributed by atoms with E-state index in [4.69, 9.17) is 4.74 Å². The molecule has 3 nitrogen and oxygen atoms in total. The standard InChI is InChI=1S/C17H24O3/c1-10(2)13-6-7-17(5)9-15(19)16(20-12(4)18)11(3)14(17)8-13/h13,16H,1,6-9H2,2-5H3. The number of esters is 1. The summed E-state index contributed by atoms with van der Waals surface area (Å²) in [6.45, 7) is 11.6. The number of Topliss-reactive ketones (excluding diaryl/α,β-unsaturated/α-hetero) is 1. The summed E-state index contributed by atoms with van der Waals surface area (Å²) in [6, 6.07) is 0. The van der Waals surface area contributed by atoms with Crippen LogP contribution in [0.15, 0.2) is 23.3 Å². The van der Waals surface area contributed by atoms with Crippen molar-refractivity contribution in [3.05, 3.63) is 23.3 Å². The quantitative estimate of drug-likeness (QED) is 0.572. The third-order valence-corrected chi connectivity index (χ3v) is 4.93. The lowest BCUT2D eigenvalue weighted by molar-refractivity contribution is -0.152. The van der Waals surface area contributed by atoms with Gasteiger partial charge in [-0.25, -0.2) is 0 Å². The van der Waals surface area contributed by atoms with Crippen molar-refractivity contribution in [3.8, 4) is 0 Å². The van der Waals surface area contributed by atoms with E-state index in [2.05, 4.69) is 20.4 Å². The first-order valence-electron chi connectivity index (χ1n) is 7.30. The fourth-order valence-corrected chi connectivity index (χ4v) is 3.69. The Morgan fingerprint density at radius 3 is 2.60 bits per heavy atom. The molecule has 0 N–H and O–H groups in total. The zero-order valence-electron chi connectivity index (χ0n) is 12.9. The summed E-state index contributed by atoms with van der Waals surface area (Å²) in [5, 5.41) is 0. The summed E-state index contributed by atoms with van der Waals surface area (Å²) in [4.78, 5) is 23.5. The van der Waals surface area contributed by atoms with Crippen molar-refractivity contribution in [3.63, 3.8) is 0 Å². The number of hydrogen-bond donors (Lipinski definition) is 0. The maximum atomic E-state index is 12.3. The number of rotatable bonds is 2. The van der Waals surface area contributed by atoms with Crippen LogP contribution < -0.4 is 0 Å². The lowest BCUT2D eigenvalue weighted by atomic mass is 9.60. The van der Waals surface area contributed by atoms with Gasteiger partial charge in [0.15, 0.2) is 11.9 Å². The van der Waals surface area contributed by atoms with Gasteiger partial charge < -0.3 is 4.74 Å². The van der Waals surface area contributed by atoms with Crippen molar-refractivity contribution in [2.75, 3.05) is 0 Å². The molecule has 1 saturated carbocycles. The van der Waals surface area contributed by atoms with Crippen LogP contribution in [-0.2, 0) is 14.3 Å². The van der Waals surface area contributed by atoms with E-state index in [9.17, 15) is 9.59 Å². The predicted molar refractivity (Wildman–Crippen MR) is 78.1 cm³/mol. The van der Waals surface area contributed by atoms with Gasteiger partial charge in [0, 0.05) is 13.3 Å². The third-order valence-electron chi connectivity index (χ3n) is 4.93. The molecular weight excluding hydrogens is 252 g/mol. The number of ketones is 1. The minimum absolute atomic E-state index is 0.0396. The Bertz CT molecular complexity index is 500. The van der Waals surface area contributed by atoms with Crippen molar-refractivity contribution in [1.29, 1.82) is 0 Å². The first-order valence-corrected chi connectivity index (χ1v) is 7.30. The second-order valence-corrected chi connectivity index (χ2v) is 6.64. The molecule has 3 heteroatoms. The molecule has 3 atom stereocenters. The van der Waals surface area contributed by atoms with E-state index in [1.54, 1.807) is 0 Å². The van der Waals surface area contributed by atoms with E-state index < -0.39 is 6.10 Å². The van der Waals surface area contributed by atoms with Crippen LogP contribution >= 0.6 is 0 Å². The normalized spacial score (nSPS) is 33.7. The van der Waals surface area contributed by atoms with Crippen molar-refractivity contribution in [2.45, 2.75) is 59.5 Å². The van der Waals surface area contributed by atoms with Crippen LogP contribution in [0.3, 0.4) is 0 Å². The second kappa shape index (κ2) is 5.19. The number of ether oxygens (including phenoxy) is 1. The van der Waals surface area contributed by atoms with Gasteiger partial charge in [-0.3, -0.25) is 9.59 Å². The van der Waals surface area contributed by atoms with Gasteiger partial charge in [0.05, 0.1) is 0 Å². The lowest BCUT2D eigenvalue weighted by Gasteiger charge is -2.45. The molecule has 0 bridgehead atoms. The Labute approximate surface area is 121 Å². The van der Waals surface area contributed by atoms with Gasteiger partial charge in [-0.05, 0) is 50.0 Å². The Morgan fingerprint density at radius 2 is 2.05 bits per heavy atom. The molecule has 0 aliphatic heterocycles. The van der Waals surface area contributed by atoms with Crippen LogP contribution in [0, 0.1) is 11.3 Å². The Kier molecular flexibility index (Phi) is 3.90. The molecule has 20 heavy (non-hydrogen) atoms. The van der Waals surface area contributed by atoms with Gasteiger partial charge in [0.2, 0.25) is 0 Å². The van der Waals surface area contributed by atoms with Crippen LogP contribution in [0.4, 0.5) is 0 Å². The van der Waals surface area contributed by atoms with E-state index >= 15 is 0 Å². The van der Waals surface area contributed by atoms with Gasteiger partial charge in [-0.2, -0.15) is 0 Å². The largest absolute Gasteiger partial charge is 0.450 e. The molecular formula is C17H24O3. The van der Waals surface area contributed by atoms with E-state index in [-0.39, 0.29) is 17.2 Å². The molecule has 2 aliphatic rings. The molecule has 0 spiro atoms. The monoisotopic (exact) mass is 276 g/mol. The van der Waals surface area contributed by atoms with E-state index in [1.165, 1.54) is 18.1 Å². The van der Waals surface area contributed by atoms with Gasteiger partial charge >= 0.3 is 5.97 Å². The van der Waals surface area contributed by atoms with E-state index in [0.29, 0.717) is 12.3 Å². The van der Waals surface area contributed by atoms with Crippen molar-refractivity contribution in [1.82, 2.24) is 0 Å². The molecule has 0 aromatic heterocycles. The number of hydrogen-bond acceptors (Lipinski definition) is 3. The van der Waals surface area contributed by atoms with Crippen LogP contribution in [0.5, 0.6) is 0 Å². The molecule has 2 aliphatic carbocycles. The Morgan fingerprint density at radius 1 is 1.40 bits per heavy atom. The first-order chi connectivity index (χ1) is 9.24. The molecule has 1 fully saturated rings. The highest BCUT2D eigenvalue weighted by atomic mass is 16.5. The van der Waals surface area contributed by atoms with E-state index in [1.807, 2.05) is 6.92 Å². The average molecular weight is 276 g/mol. The zero-order valence-corrected chi connectivity index (χ0v) is 12.9. The molecule has 0 radical (unpaired) electrons. The fourth-order valence-electron chi connectivity index (χ4n) is 3.69. The molecule has 3 unspecified atom stereocenters. The smallest absolute Gasteiger partial charge is 0.303 e.